The van der Waals surface area contributed by atoms with Crippen molar-refractivity contribution in [3.63, 3.8) is 0 Å². The van der Waals surface area contributed by atoms with Crippen molar-refractivity contribution in [3.8, 4) is 5.75 Å². The molecular formula is C16H14BrClN2O5S. The van der Waals surface area contributed by atoms with Crippen LogP contribution >= 0.6 is 39.3 Å². The molecule has 10 heteroatoms. The first kappa shape index (κ1) is 19.2. The number of phenols is 1. The summed E-state index contributed by atoms with van der Waals surface area (Å²) in [6, 6.07) is 3.00. The Labute approximate surface area is 167 Å². The number of benzene rings is 1. The molecule has 3 amide bonds. The van der Waals surface area contributed by atoms with Crippen molar-refractivity contribution in [3.05, 3.63) is 32.1 Å². The summed E-state index contributed by atoms with van der Waals surface area (Å²) < 4.78 is 5.56. The Hall–Kier alpha value is -1.55. The number of morpholine rings is 1. The monoisotopic (exact) mass is 460 g/mol. The molecule has 3 rings (SSSR count). The van der Waals surface area contributed by atoms with E-state index >= 15 is 0 Å². The largest absolute Gasteiger partial charge is 0.506 e. The van der Waals surface area contributed by atoms with Crippen molar-refractivity contribution < 1.29 is 24.2 Å². The van der Waals surface area contributed by atoms with E-state index in [9.17, 15) is 19.5 Å². The summed E-state index contributed by atoms with van der Waals surface area (Å²) in [6.07, 6.45) is 1.39. The van der Waals surface area contributed by atoms with Crippen molar-refractivity contribution in [2.75, 3.05) is 32.8 Å². The van der Waals surface area contributed by atoms with Crippen LogP contribution in [-0.4, -0.2) is 64.8 Å². The standard InChI is InChI=1S/C16H14BrClN2O5S/c17-11-7-10(18)5-9(14(11)22)6-12-15(23)20(16(24)26-12)8-13(21)19-1-3-25-4-2-19/h5-7,22H,1-4,8H2/b12-6-. The number of aromatic hydroxyl groups is 1. The van der Waals surface area contributed by atoms with E-state index in [1.807, 2.05) is 0 Å². The van der Waals surface area contributed by atoms with Crippen LogP contribution < -0.4 is 0 Å². The molecule has 138 valence electrons. The number of thioether (sulfide) groups is 1. The lowest BCUT2D eigenvalue weighted by atomic mass is 10.2. The number of halogens is 2. The van der Waals surface area contributed by atoms with E-state index in [0.29, 0.717) is 41.4 Å². The highest BCUT2D eigenvalue weighted by atomic mass is 79.9. The second kappa shape index (κ2) is 7.99. The van der Waals surface area contributed by atoms with Gasteiger partial charge in [-0.1, -0.05) is 11.6 Å². The molecule has 26 heavy (non-hydrogen) atoms. The van der Waals surface area contributed by atoms with Gasteiger partial charge in [0.25, 0.3) is 11.1 Å². The number of ether oxygens (including phenoxy) is 1. The average molecular weight is 462 g/mol. The lowest BCUT2D eigenvalue weighted by molar-refractivity contribution is -0.139. The lowest BCUT2D eigenvalue weighted by Crippen LogP contribution is -2.46. The van der Waals surface area contributed by atoms with Gasteiger partial charge in [-0.2, -0.15) is 0 Å². The van der Waals surface area contributed by atoms with E-state index in [4.69, 9.17) is 16.3 Å². The number of imide groups is 1. The van der Waals surface area contributed by atoms with Crippen LogP contribution in [0.2, 0.25) is 5.02 Å². The fraction of sp³-hybridized carbons (Fsp3) is 0.312. The van der Waals surface area contributed by atoms with E-state index in [1.165, 1.54) is 18.2 Å². The Balaban J connectivity index is 1.77. The predicted molar refractivity (Wildman–Crippen MR) is 101 cm³/mol. The molecule has 2 heterocycles. The number of rotatable bonds is 3. The molecule has 1 aromatic carbocycles. The average Bonchev–Trinajstić information content (AvgIpc) is 2.87. The van der Waals surface area contributed by atoms with E-state index in [1.54, 1.807) is 4.90 Å². The van der Waals surface area contributed by atoms with E-state index < -0.39 is 11.1 Å². The van der Waals surface area contributed by atoms with Gasteiger partial charge < -0.3 is 14.7 Å². The Bertz CT molecular complexity index is 810. The van der Waals surface area contributed by atoms with E-state index in [2.05, 4.69) is 15.9 Å². The molecule has 0 bridgehead atoms. The molecule has 0 radical (unpaired) electrons. The zero-order valence-corrected chi connectivity index (χ0v) is 16.6. The van der Waals surface area contributed by atoms with E-state index in [0.717, 1.165) is 16.7 Å². The molecule has 0 aliphatic carbocycles. The number of phenolic OH excluding ortho intramolecular Hbond substituents is 1. The number of carbonyl (C=O) groups is 3. The maximum atomic E-state index is 12.5. The molecule has 0 unspecified atom stereocenters. The van der Waals surface area contributed by atoms with Gasteiger partial charge in [-0.15, -0.1) is 0 Å². The Morgan fingerprint density at radius 1 is 1.35 bits per heavy atom. The third-order valence-electron chi connectivity index (χ3n) is 3.88. The van der Waals surface area contributed by atoms with Crippen LogP contribution in [0.15, 0.2) is 21.5 Å². The topological polar surface area (TPSA) is 87.2 Å². The minimum Gasteiger partial charge on any atom is -0.506 e. The summed E-state index contributed by atoms with van der Waals surface area (Å²) in [4.78, 5) is 39.5. The minimum absolute atomic E-state index is 0.0920. The quantitative estimate of drug-likeness (QED) is 0.697. The predicted octanol–water partition coefficient (Wildman–Crippen LogP) is 2.70. The molecule has 0 atom stereocenters. The van der Waals surface area contributed by atoms with Gasteiger partial charge in [0.1, 0.15) is 12.3 Å². The molecule has 7 nitrogen and oxygen atoms in total. The summed E-state index contributed by atoms with van der Waals surface area (Å²) in [5.74, 6) is -0.965. The van der Waals surface area contributed by atoms with Gasteiger partial charge in [0.15, 0.2) is 0 Å². The van der Waals surface area contributed by atoms with Crippen LogP contribution in [0.5, 0.6) is 5.75 Å². The van der Waals surface area contributed by atoms with Crippen LogP contribution in [0.25, 0.3) is 6.08 Å². The summed E-state index contributed by atoms with van der Waals surface area (Å²) in [6.45, 7) is 1.45. The summed E-state index contributed by atoms with van der Waals surface area (Å²) in [5, 5.41) is 9.91. The smallest absolute Gasteiger partial charge is 0.294 e. The van der Waals surface area contributed by atoms with Crippen LogP contribution in [-0.2, 0) is 14.3 Å². The normalized spacial score (nSPS) is 19.5. The SMILES string of the molecule is O=C(CN1C(=O)S/C(=C\c2cc(Cl)cc(Br)c2O)C1=O)N1CCOCC1. The van der Waals surface area contributed by atoms with Gasteiger partial charge in [0.2, 0.25) is 5.91 Å². The number of hydrogen-bond donors (Lipinski definition) is 1. The van der Waals surface area contributed by atoms with Gasteiger partial charge in [0, 0.05) is 23.7 Å². The Morgan fingerprint density at radius 2 is 2.04 bits per heavy atom. The molecule has 2 saturated heterocycles. The molecule has 2 aliphatic heterocycles. The minimum atomic E-state index is -0.572. The second-order valence-electron chi connectivity index (χ2n) is 5.59. The summed E-state index contributed by atoms with van der Waals surface area (Å²) in [5.41, 5.74) is 0.300. The first-order valence-electron chi connectivity index (χ1n) is 7.65. The summed E-state index contributed by atoms with van der Waals surface area (Å²) in [7, 11) is 0. The molecule has 0 saturated carbocycles. The van der Waals surface area contributed by atoms with Crippen molar-refractivity contribution in [2.45, 2.75) is 0 Å². The van der Waals surface area contributed by atoms with Crippen molar-refractivity contribution in [2.24, 2.45) is 0 Å². The van der Waals surface area contributed by atoms with Gasteiger partial charge in [-0.05, 0) is 45.9 Å². The van der Waals surface area contributed by atoms with Gasteiger partial charge >= 0.3 is 0 Å². The van der Waals surface area contributed by atoms with Crippen molar-refractivity contribution in [1.82, 2.24) is 9.80 Å². The molecule has 2 aliphatic rings. The first-order valence-corrected chi connectivity index (χ1v) is 9.64. The van der Waals surface area contributed by atoms with Crippen LogP contribution in [0.1, 0.15) is 5.56 Å². The molecule has 1 N–H and O–H groups in total. The Kier molecular flexibility index (Phi) is 5.91. The number of carbonyl (C=O) groups excluding carboxylic acids is 3. The zero-order chi connectivity index (χ0) is 18.8. The third kappa shape index (κ3) is 4.06. The fourth-order valence-electron chi connectivity index (χ4n) is 2.52. The molecule has 1 aromatic rings. The maximum absolute atomic E-state index is 12.5. The number of hydrogen-bond acceptors (Lipinski definition) is 6. The first-order chi connectivity index (χ1) is 12.4. The van der Waals surface area contributed by atoms with Crippen LogP contribution in [0.4, 0.5) is 4.79 Å². The van der Waals surface area contributed by atoms with Crippen molar-refractivity contribution in [1.29, 1.82) is 0 Å². The second-order valence-corrected chi connectivity index (χ2v) is 7.87. The zero-order valence-electron chi connectivity index (χ0n) is 13.4. The molecular weight excluding hydrogens is 448 g/mol. The number of nitrogens with zero attached hydrogens (tertiary/aromatic N) is 2. The van der Waals surface area contributed by atoms with Gasteiger partial charge in [-0.3, -0.25) is 19.3 Å². The highest BCUT2D eigenvalue weighted by Gasteiger charge is 2.37. The summed E-state index contributed by atoms with van der Waals surface area (Å²) >= 11 is 9.84. The van der Waals surface area contributed by atoms with Gasteiger partial charge in [-0.25, -0.2) is 0 Å². The van der Waals surface area contributed by atoms with E-state index in [-0.39, 0.29) is 23.1 Å². The van der Waals surface area contributed by atoms with Gasteiger partial charge in [0.05, 0.1) is 22.6 Å². The van der Waals surface area contributed by atoms with Crippen LogP contribution in [0.3, 0.4) is 0 Å². The lowest BCUT2D eigenvalue weighted by Gasteiger charge is -2.28. The fourth-order valence-corrected chi connectivity index (χ4v) is 4.18. The molecule has 2 fully saturated rings. The number of amides is 3. The van der Waals surface area contributed by atoms with Crippen LogP contribution in [0, 0.1) is 0 Å². The molecule has 0 spiro atoms. The molecule has 0 aromatic heterocycles. The van der Waals surface area contributed by atoms with Crippen molar-refractivity contribution >= 4 is 62.4 Å². The Morgan fingerprint density at radius 3 is 2.73 bits per heavy atom. The highest BCUT2D eigenvalue weighted by molar-refractivity contribution is 9.10. The highest BCUT2D eigenvalue weighted by Crippen LogP contribution is 2.37. The third-order valence-corrected chi connectivity index (χ3v) is 5.61. The maximum Gasteiger partial charge on any atom is 0.294 e.